The van der Waals surface area contributed by atoms with Crippen molar-refractivity contribution in [3.05, 3.63) is 37.4 Å². The first-order valence-corrected chi connectivity index (χ1v) is 3.34. The first kappa shape index (κ1) is 6.28. The monoisotopic (exact) mass is 145 g/mol. The lowest BCUT2D eigenvalue weighted by Crippen LogP contribution is -1.75. The SMILES string of the molecule is [CH]Oc1cc2ccccc2[nH]1. The van der Waals surface area contributed by atoms with E-state index in [4.69, 9.17) is 7.11 Å². The average Bonchev–Trinajstić information content (AvgIpc) is 2.46. The van der Waals surface area contributed by atoms with Crippen LogP contribution in [0.1, 0.15) is 0 Å². The Hall–Kier alpha value is -1.44. The van der Waals surface area contributed by atoms with Gasteiger partial charge >= 0.3 is 0 Å². The zero-order valence-corrected chi connectivity index (χ0v) is 5.87. The highest BCUT2D eigenvalue weighted by Gasteiger charge is 1.96. The fraction of sp³-hybridized carbons (Fsp3) is 0. The number of nitrogens with one attached hydrogen (secondary N) is 1. The second-order valence-electron chi connectivity index (χ2n) is 2.34. The number of H-pyrrole nitrogens is 1. The fourth-order valence-electron chi connectivity index (χ4n) is 1.11. The number of aromatic amines is 1. The Morgan fingerprint density at radius 1 is 1.27 bits per heavy atom. The zero-order valence-electron chi connectivity index (χ0n) is 5.87. The predicted octanol–water partition coefficient (Wildman–Crippen LogP) is 2.22. The normalized spacial score (nSPS) is 10.3. The summed E-state index contributed by atoms with van der Waals surface area (Å²) in [5.41, 5.74) is 1.04. The molecule has 0 unspecified atom stereocenters. The van der Waals surface area contributed by atoms with E-state index in [-0.39, 0.29) is 0 Å². The summed E-state index contributed by atoms with van der Waals surface area (Å²) in [5.74, 6) is 0.589. The van der Waals surface area contributed by atoms with E-state index in [0.29, 0.717) is 5.88 Å². The van der Waals surface area contributed by atoms with Crippen LogP contribution in [0.25, 0.3) is 10.9 Å². The molecule has 2 rings (SSSR count). The fourth-order valence-corrected chi connectivity index (χ4v) is 1.11. The average molecular weight is 145 g/mol. The maximum Gasteiger partial charge on any atom is 0.192 e. The molecular weight excluding hydrogens is 138 g/mol. The Bertz CT molecular complexity index is 331. The molecule has 0 saturated heterocycles. The van der Waals surface area contributed by atoms with Gasteiger partial charge in [0.05, 0.1) is 0 Å². The van der Waals surface area contributed by atoms with Crippen LogP contribution < -0.4 is 4.74 Å². The Morgan fingerprint density at radius 3 is 2.82 bits per heavy atom. The highest BCUT2D eigenvalue weighted by atomic mass is 16.5. The lowest BCUT2D eigenvalue weighted by Gasteiger charge is -1.87. The molecule has 2 heteroatoms. The number of aromatic nitrogens is 1. The maximum atomic E-state index is 4.98. The molecule has 0 bridgehead atoms. The molecule has 0 fully saturated rings. The van der Waals surface area contributed by atoms with Gasteiger partial charge in [-0.1, -0.05) is 18.2 Å². The molecule has 0 amide bonds. The third kappa shape index (κ3) is 0.963. The van der Waals surface area contributed by atoms with E-state index in [9.17, 15) is 0 Å². The van der Waals surface area contributed by atoms with Crippen LogP contribution in [0.4, 0.5) is 0 Å². The molecule has 1 aromatic heterocycles. The number of para-hydroxylation sites is 1. The number of rotatable bonds is 1. The molecule has 1 heterocycles. The van der Waals surface area contributed by atoms with Gasteiger partial charge in [0, 0.05) is 17.0 Å². The van der Waals surface area contributed by atoms with Gasteiger partial charge in [0.25, 0.3) is 0 Å². The van der Waals surface area contributed by atoms with Crippen LogP contribution >= 0.6 is 0 Å². The Morgan fingerprint density at radius 2 is 2.09 bits per heavy atom. The van der Waals surface area contributed by atoms with Crippen LogP contribution in [0.3, 0.4) is 0 Å². The molecule has 0 atom stereocenters. The Labute approximate surface area is 64.8 Å². The van der Waals surface area contributed by atoms with Crippen molar-refractivity contribution in [2.75, 3.05) is 0 Å². The summed E-state index contributed by atoms with van der Waals surface area (Å²) in [4.78, 5) is 3.00. The number of hydrogen-bond acceptors (Lipinski definition) is 1. The van der Waals surface area contributed by atoms with Gasteiger partial charge in [-0.15, -0.1) is 0 Å². The van der Waals surface area contributed by atoms with Crippen LogP contribution in [-0.2, 0) is 0 Å². The topological polar surface area (TPSA) is 25.0 Å². The van der Waals surface area contributed by atoms with Crippen molar-refractivity contribution in [3.8, 4) is 5.88 Å². The molecule has 2 radical (unpaired) electrons. The van der Waals surface area contributed by atoms with E-state index >= 15 is 0 Å². The molecule has 54 valence electrons. The van der Waals surface area contributed by atoms with Crippen molar-refractivity contribution < 1.29 is 4.74 Å². The molecule has 0 aliphatic carbocycles. The van der Waals surface area contributed by atoms with Crippen molar-refractivity contribution in [1.82, 2.24) is 4.98 Å². The Balaban J connectivity index is 2.69. The molecule has 1 aromatic carbocycles. The van der Waals surface area contributed by atoms with E-state index in [0.717, 1.165) is 10.9 Å². The summed E-state index contributed by atoms with van der Waals surface area (Å²) in [6.07, 6.45) is 0. The first-order chi connectivity index (χ1) is 5.40. The van der Waals surface area contributed by atoms with E-state index in [1.165, 1.54) is 0 Å². The van der Waals surface area contributed by atoms with Crippen LogP contribution in [0, 0.1) is 7.11 Å². The minimum Gasteiger partial charge on any atom is -0.467 e. The molecular formula is C9H7NO. The molecule has 0 spiro atoms. The van der Waals surface area contributed by atoms with Crippen LogP contribution in [0.2, 0.25) is 0 Å². The Kier molecular flexibility index (Phi) is 1.32. The summed E-state index contributed by atoms with van der Waals surface area (Å²) < 4.78 is 4.54. The van der Waals surface area contributed by atoms with Crippen molar-refractivity contribution in [2.45, 2.75) is 0 Å². The summed E-state index contributed by atoms with van der Waals surface area (Å²) in [6.45, 7) is 0. The lowest BCUT2D eigenvalue weighted by molar-refractivity contribution is 0.458. The van der Waals surface area contributed by atoms with Gasteiger partial charge in [0.2, 0.25) is 0 Å². The van der Waals surface area contributed by atoms with Gasteiger partial charge in [0.15, 0.2) is 13.0 Å². The van der Waals surface area contributed by atoms with Gasteiger partial charge in [-0.05, 0) is 6.07 Å². The molecule has 2 aromatic rings. The van der Waals surface area contributed by atoms with Gasteiger partial charge < -0.3 is 9.72 Å². The van der Waals surface area contributed by atoms with Gasteiger partial charge in [0.1, 0.15) is 0 Å². The molecule has 0 saturated carbocycles. The smallest absolute Gasteiger partial charge is 0.192 e. The highest BCUT2D eigenvalue weighted by Crippen LogP contribution is 2.19. The van der Waals surface area contributed by atoms with Crippen molar-refractivity contribution in [1.29, 1.82) is 0 Å². The number of hydrogen-bond donors (Lipinski definition) is 1. The second kappa shape index (κ2) is 2.31. The molecule has 0 aliphatic rings. The lowest BCUT2D eigenvalue weighted by atomic mass is 10.3. The van der Waals surface area contributed by atoms with Crippen molar-refractivity contribution in [3.63, 3.8) is 0 Å². The third-order valence-corrected chi connectivity index (χ3v) is 1.63. The van der Waals surface area contributed by atoms with Gasteiger partial charge in [-0.2, -0.15) is 0 Å². The summed E-state index contributed by atoms with van der Waals surface area (Å²) in [7, 11) is 4.98. The van der Waals surface area contributed by atoms with Gasteiger partial charge in [-0.3, -0.25) is 0 Å². The minimum absolute atomic E-state index is 0.589. The quantitative estimate of drug-likeness (QED) is 0.653. The van der Waals surface area contributed by atoms with E-state index < -0.39 is 0 Å². The van der Waals surface area contributed by atoms with Gasteiger partial charge in [-0.25, -0.2) is 0 Å². The standard InChI is InChI=1S/C9H7NO/c1-11-9-6-7-4-2-3-5-8(7)10-9/h1-6,10H. The van der Waals surface area contributed by atoms with E-state index in [1.54, 1.807) is 0 Å². The van der Waals surface area contributed by atoms with Crippen LogP contribution in [0.5, 0.6) is 5.88 Å². The van der Waals surface area contributed by atoms with E-state index in [1.807, 2.05) is 30.3 Å². The molecule has 1 N–H and O–H groups in total. The first-order valence-electron chi connectivity index (χ1n) is 3.34. The van der Waals surface area contributed by atoms with Crippen molar-refractivity contribution in [2.24, 2.45) is 0 Å². The van der Waals surface area contributed by atoms with Crippen LogP contribution in [-0.4, -0.2) is 4.98 Å². The number of fused-ring (bicyclic) bond motifs is 1. The molecule has 0 aliphatic heterocycles. The number of ether oxygens (including phenoxy) is 1. The van der Waals surface area contributed by atoms with E-state index in [2.05, 4.69) is 9.72 Å². The van der Waals surface area contributed by atoms with Crippen LogP contribution in [0.15, 0.2) is 30.3 Å². The zero-order chi connectivity index (χ0) is 7.68. The summed E-state index contributed by atoms with van der Waals surface area (Å²) in [6, 6.07) is 9.75. The summed E-state index contributed by atoms with van der Waals surface area (Å²) in [5, 5.41) is 1.10. The highest BCUT2D eigenvalue weighted by molar-refractivity contribution is 5.81. The predicted molar refractivity (Wildman–Crippen MR) is 43.2 cm³/mol. The largest absolute Gasteiger partial charge is 0.467 e. The molecule has 11 heavy (non-hydrogen) atoms. The number of benzene rings is 1. The second-order valence-corrected chi connectivity index (χ2v) is 2.34. The third-order valence-electron chi connectivity index (χ3n) is 1.63. The maximum absolute atomic E-state index is 4.98. The van der Waals surface area contributed by atoms with Crippen molar-refractivity contribution >= 4 is 10.9 Å². The minimum atomic E-state index is 0.589. The molecule has 2 nitrogen and oxygen atoms in total. The summed E-state index contributed by atoms with van der Waals surface area (Å²) >= 11 is 0.